The average molecular weight is 367 g/mol. The van der Waals surface area contributed by atoms with E-state index in [2.05, 4.69) is 41.9 Å². The highest BCUT2D eigenvalue weighted by Gasteiger charge is 2.20. The zero-order chi connectivity index (χ0) is 17.5. The van der Waals surface area contributed by atoms with Crippen LogP contribution < -0.4 is 5.32 Å². The lowest BCUT2D eigenvalue weighted by Gasteiger charge is -2.36. The second-order valence-corrected chi connectivity index (χ2v) is 7.84. The minimum atomic E-state index is 0.865. The molecule has 0 atom stereocenters. The highest BCUT2D eigenvalue weighted by atomic mass is 32.2. The number of hydrogen-bond donors (Lipinski definition) is 1. The Labute approximate surface area is 154 Å². The average Bonchev–Trinajstić information content (AvgIpc) is 3.05. The van der Waals surface area contributed by atoms with Gasteiger partial charge in [-0.25, -0.2) is 0 Å². The molecule has 0 bridgehead atoms. The summed E-state index contributed by atoms with van der Waals surface area (Å²) >= 11 is 2.06. The molecule has 1 N–H and O–H groups in total. The van der Waals surface area contributed by atoms with E-state index >= 15 is 0 Å². The number of aryl methyl sites for hydroxylation is 1. The normalized spacial score (nSPS) is 20.9. The fourth-order valence-electron chi connectivity index (χ4n) is 3.32. The van der Waals surface area contributed by atoms with Crippen molar-refractivity contribution in [2.24, 2.45) is 4.99 Å². The Morgan fingerprint density at radius 3 is 2.60 bits per heavy atom. The summed E-state index contributed by atoms with van der Waals surface area (Å²) in [5.74, 6) is 4.44. The molecule has 2 aliphatic rings. The van der Waals surface area contributed by atoms with E-state index < -0.39 is 0 Å². The molecule has 0 aliphatic carbocycles. The fourth-order valence-corrected chi connectivity index (χ4v) is 4.30. The summed E-state index contributed by atoms with van der Waals surface area (Å²) in [6.07, 6.45) is 0. The number of aliphatic imine (C=N–C) groups is 1. The van der Waals surface area contributed by atoms with E-state index in [1.54, 1.807) is 0 Å². The van der Waals surface area contributed by atoms with Gasteiger partial charge < -0.3 is 14.7 Å². The molecule has 1 aromatic heterocycles. The number of thioether (sulfide) groups is 1. The predicted molar refractivity (Wildman–Crippen MR) is 103 cm³/mol. The molecule has 7 nitrogen and oxygen atoms in total. The Morgan fingerprint density at radius 2 is 1.96 bits per heavy atom. The third-order valence-electron chi connectivity index (χ3n) is 4.76. The van der Waals surface area contributed by atoms with Gasteiger partial charge in [-0.2, -0.15) is 11.8 Å². The van der Waals surface area contributed by atoms with Gasteiger partial charge in [-0.05, 0) is 6.92 Å². The van der Waals surface area contributed by atoms with E-state index in [1.165, 1.54) is 24.6 Å². The zero-order valence-electron chi connectivity index (χ0n) is 15.4. The van der Waals surface area contributed by atoms with Crippen LogP contribution in [-0.2, 0) is 6.54 Å². The van der Waals surface area contributed by atoms with Crippen LogP contribution in [0.15, 0.2) is 15.6 Å². The quantitative estimate of drug-likeness (QED) is 0.609. The molecule has 0 unspecified atom stereocenters. The molecule has 0 spiro atoms. The fraction of sp³-hybridized carbons (Fsp3) is 0.765. The second kappa shape index (κ2) is 9.45. The van der Waals surface area contributed by atoms with E-state index in [0.717, 1.165) is 63.2 Å². The van der Waals surface area contributed by atoms with Crippen molar-refractivity contribution >= 4 is 17.7 Å². The Balaban J connectivity index is 1.38. The predicted octanol–water partition coefficient (Wildman–Crippen LogP) is 0.725. The van der Waals surface area contributed by atoms with Crippen molar-refractivity contribution in [2.45, 2.75) is 13.5 Å². The summed E-state index contributed by atoms with van der Waals surface area (Å²) in [4.78, 5) is 11.8. The molecule has 0 radical (unpaired) electrons. The number of rotatable bonds is 5. The standard InChI is InChI=1S/C17H30N6OS/c1-15-13-16(20-24-15)14-22-5-7-23(8-6-22)17(18-2)19-3-4-21-9-11-25-12-10-21/h13H,3-12,14H2,1-2H3,(H,18,19). The summed E-state index contributed by atoms with van der Waals surface area (Å²) in [7, 11) is 1.88. The first kappa shape index (κ1) is 18.5. The molecule has 2 saturated heterocycles. The van der Waals surface area contributed by atoms with Crippen LogP contribution in [0.25, 0.3) is 0 Å². The maximum absolute atomic E-state index is 5.16. The van der Waals surface area contributed by atoms with Gasteiger partial charge in [-0.3, -0.25) is 14.8 Å². The molecule has 2 fully saturated rings. The number of aromatic nitrogens is 1. The number of nitrogens with zero attached hydrogens (tertiary/aromatic N) is 5. The van der Waals surface area contributed by atoms with Gasteiger partial charge in [0.05, 0.1) is 5.69 Å². The third kappa shape index (κ3) is 5.62. The van der Waals surface area contributed by atoms with E-state index in [9.17, 15) is 0 Å². The summed E-state index contributed by atoms with van der Waals surface area (Å²) in [5.41, 5.74) is 1.02. The van der Waals surface area contributed by atoms with Crippen molar-refractivity contribution in [1.82, 2.24) is 25.2 Å². The van der Waals surface area contributed by atoms with Crippen LogP contribution in [0.2, 0.25) is 0 Å². The maximum Gasteiger partial charge on any atom is 0.193 e. The highest BCUT2D eigenvalue weighted by Crippen LogP contribution is 2.10. The largest absolute Gasteiger partial charge is 0.361 e. The number of guanidine groups is 1. The smallest absolute Gasteiger partial charge is 0.193 e. The van der Waals surface area contributed by atoms with Gasteiger partial charge >= 0.3 is 0 Å². The summed E-state index contributed by atoms with van der Waals surface area (Å²) in [5, 5.41) is 7.63. The van der Waals surface area contributed by atoms with Crippen LogP contribution in [0.4, 0.5) is 0 Å². The van der Waals surface area contributed by atoms with Crippen LogP contribution >= 0.6 is 11.8 Å². The first-order valence-corrected chi connectivity index (χ1v) is 10.3. The van der Waals surface area contributed by atoms with Crippen molar-refractivity contribution < 1.29 is 4.52 Å². The van der Waals surface area contributed by atoms with Gasteiger partial charge in [0.2, 0.25) is 0 Å². The van der Waals surface area contributed by atoms with Crippen molar-refractivity contribution in [2.75, 3.05) is 70.9 Å². The van der Waals surface area contributed by atoms with Crippen LogP contribution in [0.5, 0.6) is 0 Å². The molecule has 3 heterocycles. The summed E-state index contributed by atoms with van der Waals surface area (Å²) < 4.78 is 5.16. The summed E-state index contributed by atoms with van der Waals surface area (Å²) in [6, 6.07) is 2.02. The maximum atomic E-state index is 5.16. The SMILES string of the molecule is CN=C(NCCN1CCSCC1)N1CCN(Cc2cc(C)on2)CC1. The van der Waals surface area contributed by atoms with Crippen LogP contribution in [0.3, 0.4) is 0 Å². The van der Waals surface area contributed by atoms with Crippen molar-refractivity contribution in [3.8, 4) is 0 Å². The van der Waals surface area contributed by atoms with Crippen molar-refractivity contribution in [3.63, 3.8) is 0 Å². The Morgan fingerprint density at radius 1 is 1.20 bits per heavy atom. The van der Waals surface area contributed by atoms with Crippen LogP contribution in [0.1, 0.15) is 11.5 Å². The first-order chi connectivity index (χ1) is 12.2. The van der Waals surface area contributed by atoms with E-state index in [4.69, 9.17) is 4.52 Å². The molecule has 2 aliphatic heterocycles. The topological polar surface area (TPSA) is 60.1 Å². The number of piperazine rings is 1. The molecule has 0 amide bonds. The molecule has 8 heteroatoms. The molecule has 0 aromatic carbocycles. The number of hydrogen-bond acceptors (Lipinski definition) is 6. The minimum absolute atomic E-state index is 0.865. The van der Waals surface area contributed by atoms with E-state index in [-0.39, 0.29) is 0 Å². The second-order valence-electron chi connectivity index (χ2n) is 6.62. The van der Waals surface area contributed by atoms with Gasteiger partial charge in [0.25, 0.3) is 0 Å². The van der Waals surface area contributed by atoms with Gasteiger partial charge in [0, 0.05) is 83.5 Å². The van der Waals surface area contributed by atoms with Crippen LogP contribution in [-0.4, -0.2) is 96.7 Å². The molecular weight excluding hydrogens is 336 g/mol. The van der Waals surface area contributed by atoms with Gasteiger partial charge in [0.1, 0.15) is 5.76 Å². The summed E-state index contributed by atoms with van der Waals surface area (Å²) in [6.45, 7) is 11.3. The number of nitrogens with one attached hydrogen (secondary N) is 1. The lowest BCUT2D eigenvalue weighted by atomic mass is 10.3. The molecule has 3 rings (SSSR count). The highest BCUT2D eigenvalue weighted by molar-refractivity contribution is 7.99. The molecule has 0 saturated carbocycles. The molecule has 1 aromatic rings. The van der Waals surface area contributed by atoms with E-state index in [0.29, 0.717) is 0 Å². The minimum Gasteiger partial charge on any atom is -0.361 e. The lowest BCUT2D eigenvalue weighted by Crippen LogP contribution is -2.53. The Hall–Kier alpha value is -1.25. The molecule has 25 heavy (non-hydrogen) atoms. The Bertz CT molecular complexity index is 549. The van der Waals surface area contributed by atoms with Gasteiger partial charge in [0.15, 0.2) is 5.96 Å². The van der Waals surface area contributed by atoms with Crippen LogP contribution in [0, 0.1) is 6.92 Å². The lowest BCUT2D eigenvalue weighted by molar-refractivity contribution is 0.168. The zero-order valence-corrected chi connectivity index (χ0v) is 16.2. The third-order valence-corrected chi connectivity index (χ3v) is 5.70. The van der Waals surface area contributed by atoms with Crippen molar-refractivity contribution in [1.29, 1.82) is 0 Å². The first-order valence-electron chi connectivity index (χ1n) is 9.15. The van der Waals surface area contributed by atoms with Crippen molar-refractivity contribution in [3.05, 3.63) is 17.5 Å². The van der Waals surface area contributed by atoms with Gasteiger partial charge in [-0.1, -0.05) is 5.16 Å². The van der Waals surface area contributed by atoms with E-state index in [1.807, 2.05) is 20.0 Å². The molecule has 140 valence electrons. The van der Waals surface area contributed by atoms with Gasteiger partial charge in [-0.15, -0.1) is 0 Å². The monoisotopic (exact) mass is 366 g/mol. The molecular formula is C17H30N6OS. The Kier molecular flexibility index (Phi) is 7.01.